The lowest BCUT2D eigenvalue weighted by atomic mass is 9.95. The average molecular weight is 634 g/mol. The van der Waals surface area contributed by atoms with Gasteiger partial charge in [0.15, 0.2) is 0 Å². The van der Waals surface area contributed by atoms with Crippen LogP contribution in [0.3, 0.4) is 0 Å². The first-order valence-corrected chi connectivity index (χ1v) is 17.0. The Balaban J connectivity index is 1.46. The van der Waals surface area contributed by atoms with Crippen LogP contribution in [0, 0.1) is 0 Å². The van der Waals surface area contributed by atoms with Crippen molar-refractivity contribution in [3.05, 3.63) is 48.0 Å². The number of likely N-dealkylation sites (tertiary alicyclic amines) is 1. The second-order valence-electron chi connectivity index (χ2n) is 10.7. The van der Waals surface area contributed by atoms with Crippen molar-refractivity contribution in [2.45, 2.75) is 56.1 Å². The fraction of sp³-hybridized carbons (Fsp3) is 0.464. The maximum absolute atomic E-state index is 13.7. The van der Waals surface area contributed by atoms with Gasteiger partial charge in [0.05, 0.1) is 11.4 Å². The van der Waals surface area contributed by atoms with Crippen molar-refractivity contribution in [3.8, 4) is 0 Å². The van der Waals surface area contributed by atoms with E-state index in [-0.39, 0.29) is 37.6 Å². The molecule has 232 valence electrons. The minimum Gasteiger partial charge on any atom is -0.369 e. The summed E-state index contributed by atoms with van der Waals surface area (Å²) in [7, 11) is -4.37. The van der Waals surface area contributed by atoms with Gasteiger partial charge in [0.25, 0.3) is 0 Å². The van der Waals surface area contributed by atoms with E-state index in [4.69, 9.17) is 5.73 Å². The van der Waals surface area contributed by atoms with E-state index in [9.17, 15) is 38.3 Å². The number of primary amides is 1. The summed E-state index contributed by atoms with van der Waals surface area (Å²) in [5.41, 5.74) is 5.79. The summed E-state index contributed by atoms with van der Waals surface area (Å²) in [4.78, 5) is 83.9. The molecule has 2 aliphatic heterocycles. The summed E-state index contributed by atoms with van der Waals surface area (Å²) >= 11 is 0.806. The highest BCUT2D eigenvalue weighted by Crippen LogP contribution is 2.38. The highest BCUT2D eigenvalue weighted by atomic mass is 32.2. The number of nitrogens with two attached hydrogens (primary N) is 1. The molecule has 2 aliphatic rings. The molecule has 0 aliphatic carbocycles. The number of nitrogens with zero attached hydrogens (tertiary/aromatic N) is 1. The Hall–Kier alpha value is -3.45. The Kier molecular flexibility index (Phi) is 10.8. The van der Waals surface area contributed by atoms with Gasteiger partial charge in [0.2, 0.25) is 29.5 Å². The molecule has 4 atom stereocenters. The van der Waals surface area contributed by atoms with E-state index in [0.29, 0.717) is 24.8 Å². The van der Waals surface area contributed by atoms with Crippen LogP contribution in [0.25, 0.3) is 10.8 Å². The van der Waals surface area contributed by atoms with Gasteiger partial charge in [-0.2, -0.15) is 0 Å². The third-order valence-corrected chi connectivity index (χ3v) is 10.2. The molecule has 5 amide bonds. The third-order valence-electron chi connectivity index (χ3n) is 7.56. The number of carbonyl (C=O) groups is 5. The molecular formula is C28H36N5O8PS. The summed E-state index contributed by atoms with van der Waals surface area (Å²) in [6.07, 6.45) is 2.07. The zero-order chi connectivity index (χ0) is 31.1. The molecule has 2 saturated heterocycles. The third kappa shape index (κ3) is 8.79. The first-order chi connectivity index (χ1) is 20.4. The molecule has 15 heteroatoms. The lowest BCUT2D eigenvalue weighted by molar-refractivity contribution is -0.144. The van der Waals surface area contributed by atoms with Crippen molar-refractivity contribution in [2.75, 3.05) is 24.3 Å². The summed E-state index contributed by atoms with van der Waals surface area (Å²) in [5.74, 6) is -3.49. The zero-order valence-electron chi connectivity index (χ0n) is 23.4. The molecule has 2 heterocycles. The fourth-order valence-electron chi connectivity index (χ4n) is 5.34. The Labute approximate surface area is 252 Å². The van der Waals surface area contributed by atoms with Crippen molar-refractivity contribution >= 4 is 59.7 Å². The Morgan fingerprint density at radius 3 is 2.49 bits per heavy atom. The van der Waals surface area contributed by atoms with Crippen molar-refractivity contribution in [1.29, 1.82) is 0 Å². The minimum absolute atomic E-state index is 0.0787. The summed E-state index contributed by atoms with van der Waals surface area (Å²) in [6, 6.07) is 10.3. The zero-order valence-corrected chi connectivity index (χ0v) is 25.1. The lowest BCUT2D eigenvalue weighted by Crippen LogP contribution is -2.59. The Bertz CT molecular complexity index is 1430. The fourth-order valence-corrected chi connectivity index (χ4v) is 7.18. The van der Waals surface area contributed by atoms with Crippen LogP contribution in [0.5, 0.6) is 0 Å². The summed E-state index contributed by atoms with van der Waals surface area (Å²) in [5, 5.41) is 9.84. The van der Waals surface area contributed by atoms with Crippen molar-refractivity contribution in [3.63, 3.8) is 0 Å². The monoisotopic (exact) mass is 633 g/mol. The highest BCUT2D eigenvalue weighted by molar-refractivity contribution is 8.04. The van der Waals surface area contributed by atoms with Crippen LogP contribution in [-0.4, -0.2) is 86.7 Å². The molecule has 0 bridgehead atoms. The number of amides is 5. The number of rotatable bonds is 12. The predicted octanol–water partition coefficient (Wildman–Crippen LogP) is 0.538. The molecular weight excluding hydrogens is 597 g/mol. The number of piperidine rings is 1. The number of thioether (sulfide) groups is 1. The van der Waals surface area contributed by atoms with Gasteiger partial charge in [0, 0.05) is 25.3 Å². The molecule has 4 unspecified atom stereocenters. The first-order valence-electron chi connectivity index (χ1n) is 14.0. The minimum atomic E-state index is -4.37. The van der Waals surface area contributed by atoms with Gasteiger partial charge in [-0.05, 0) is 42.0 Å². The van der Waals surface area contributed by atoms with Crippen molar-refractivity contribution in [1.82, 2.24) is 20.9 Å². The van der Waals surface area contributed by atoms with E-state index in [2.05, 4.69) is 16.0 Å². The molecule has 0 saturated carbocycles. The maximum Gasteiger partial charge on any atom is 0.335 e. The van der Waals surface area contributed by atoms with E-state index in [0.717, 1.165) is 22.5 Å². The molecule has 43 heavy (non-hydrogen) atoms. The van der Waals surface area contributed by atoms with E-state index < -0.39 is 60.8 Å². The van der Waals surface area contributed by atoms with Crippen LogP contribution < -0.4 is 21.7 Å². The van der Waals surface area contributed by atoms with Crippen LogP contribution in [0.1, 0.15) is 43.6 Å². The van der Waals surface area contributed by atoms with Crippen molar-refractivity contribution < 1.29 is 38.3 Å². The largest absolute Gasteiger partial charge is 0.369 e. The van der Waals surface area contributed by atoms with Gasteiger partial charge in [0.1, 0.15) is 18.1 Å². The number of hydrogen-bond acceptors (Lipinski definition) is 7. The summed E-state index contributed by atoms with van der Waals surface area (Å²) < 4.78 is 11.4. The normalized spacial score (nSPS) is 20.2. The van der Waals surface area contributed by atoms with E-state index in [1.54, 1.807) is 6.07 Å². The molecule has 4 rings (SSSR count). The number of benzene rings is 2. The molecule has 0 aromatic heterocycles. The van der Waals surface area contributed by atoms with Crippen LogP contribution in [0.15, 0.2) is 42.5 Å². The van der Waals surface area contributed by atoms with Crippen molar-refractivity contribution in [2.24, 2.45) is 5.73 Å². The standard InChI is InChI=1S/C28H36N5O8PS/c29-25(35)20(19-9-8-17-5-1-2-6-18(17)13-19)14-30-27(37)23-7-3-4-12-33(23)28(38)22(15-43-16-42(39,40)41)32-26(36)21-10-11-24(34)31-21/h1-2,5-6,8-9,13,20-23H,3-4,7,10-12,14-16H2,(H2,29,35)(H,30,37)(H,31,34)(H,32,36)(H2,39,40,41). The van der Waals surface area contributed by atoms with E-state index in [1.165, 1.54) is 4.90 Å². The quantitative estimate of drug-likeness (QED) is 0.180. The highest BCUT2D eigenvalue weighted by Gasteiger charge is 2.38. The molecule has 2 fully saturated rings. The molecule has 2 aromatic rings. The summed E-state index contributed by atoms with van der Waals surface area (Å²) in [6.45, 7) is 0.154. The van der Waals surface area contributed by atoms with E-state index >= 15 is 0 Å². The first kappa shape index (κ1) is 32.5. The molecule has 7 N–H and O–H groups in total. The number of nitrogens with one attached hydrogen (secondary N) is 3. The van der Waals surface area contributed by atoms with Gasteiger partial charge < -0.3 is 36.4 Å². The number of fused-ring (bicyclic) bond motifs is 1. The molecule has 2 aromatic carbocycles. The van der Waals surface area contributed by atoms with Gasteiger partial charge in [-0.15, -0.1) is 11.8 Å². The average Bonchev–Trinajstić information content (AvgIpc) is 3.41. The maximum atomic E-state index is 13.7. The molecule has 13 nitrogen and oxygen atoms in total. The number of carbonyl (C=O) groups excluding carboxylic acids is 5. The SMILES string of the molecule is NC(=O)C(CNC(=O)C1CCCCN1C(=O)C(CSCP(=O)(O)O)NC(=O)C1CCC(=O)N1)c1ccc2ccccc2c1. The smallest absolute Gasteiger partial charge is 0.335 e. The second kappa shape index (κ2) is 14.3. The lowest BCUT2D eigenvalue weighted by Gasteiger charge is -2.37. The van der Waals surface area contributed by atoms with Crippen LogP contribution in [0.4, 0.5) is 0 Å². The van der Waals surface area contributed by atoms with E-state index in [1.807, 2.05) is 36.4 Å². The van der Waals surface area contributed by atoms with Crippen LogP contribution in [-0.2, 0) is 28.5 Å². The second-order valence-corrected chi connectivity index (χ2v) is 13.8. The predicted molar refractivity (Wildman–Crippen MR) is 161 cm³/mol. The Morgan fingerprint density at radius 2 is 1.81 bits per heavy atom. The van der Waals surface area contributed by atoms with Gasteiger partial charge in [-0.3, -0.25) is 28.5 Å². The van der Waals surface area contributed by atoms with Crippen LogP contribution in [0.2, 0.25) is 0 Å². The van der Waals surface area contributed by atoms with Gasteiger partial charge >= 0.3 is 7.60 Å². The molecule has 0 spiro atoms. The van der Waals surface area contributed by atoms with Gasteiger partial charge in [-0.1, -0.05) is 42.5 Å². The number of hydrogen-bond donors (Lipinski definition) is 6. The topological polar surface area (TPSA) is 208 Å². The Morgan fingerprint density at radius 1 is 1.07 bits per heavy atom. The van der Waals surface area contributed by atoms with Crippen LogP contribution >= 0.6 is 19.4 Å². The molecule has 0 radical (unpaired) electrons. The van der Waals surface area contributed by atoms with Gasteiger partial charge in [-0.25, -0.2) is 0 Å².